The minimum absolute atomic E-state index is 0.314. The molecular formula is C17H26N2OS. The van der Waals surface area contributed by atoms with Crippen molar-refractivity contribution in [3.8, 4) is 0 Å². The van der Waals surface area contributed by atoms with Crippen molar-refractivity contribution >= 4 is 17.7 Å². The lowest BCUT2D eigenvalue weighted by Crippen LogP contribution is -2.48. The molecule has 0 unspecified atom stereocenters. The second-order valence-electron chi connectivity index (χ2n) is 6.10. The summed E-state index contributed by atoms with van der Waals surface area (Å²) in [4.78, 5) is 17.8. The molecule has 116 valence electrons. The number of thioether (sulfide) groups is 1. The second-order valence-corrected chi connectivity index (χ2v) is 6.98. The molecule has 1 aromatic rings. The number of piperazine rings is 1. The number of hydrogen-bond donors (Lipinski definition) is 0. The highest BCUT2D eigenvalue weighted by Gasteiger charge is 2.21. The fourth-order valence-electron chi connectivity index (χ4n) is 2.62. The van der Waals surface area contributed by atoms with Crippen molar-refractivity contribution in [1.29, 1.82) is 0 Å². The molecule has 2 rings (SSSR count). The van der Waals surface area contributed by atoms with E-state index in [0.29, 0.717) is 18.2 Å². The topological polar surface area (TPSA) is 23.6 Å². The number of carbonyl (C=O) groups excluding carboxylic acids is 1. The smallest absolute Gasteiger partial charge is 0.222 e. The van der Waals surface area contributed by atoms with Gasteiger partial charge >= 0.3 is 0 Å². The Bertz CT molecular complexity index is 450. The standard InChI is InChI=1S/C17H26N2OS/c1-14(2)12-17(20)19-10-8-18(9-11-19)13-15-4-6-16(21-3)7-5-15/h4-7,14H,8-13H2,1-3H3. The SMILES string of the molecule is CSc1ccc(CN2CCN(C(=O)CC(C)C)CC2)cc1. The van der Waals surface area contributed by atoms with Crippen molar-refractivity contribution < 1.29 is 4.79 Å². The molecule has 1 aliphatic heterocycles. The maximum absolute atomic E-state index is 12.0. The fraction of sp³-hybridized carbons (Fsp3) is 0.588. The van der Waals surface area contributed by atoms with E-state index in [-0.39, 0.29) is 0 Å². The van der Waals surface area contributed by atoms with E-state index in [4.69, 9.17) is 0 Å². The highest BCUT2D eigenvalue weighted by molar-refractivity contribution is 7.98. The van der Waals surface area contributed by atoms with Crippen molar-refractivity contribution in [1.82, 2.24) is 9.80 Å². The largest absolute Gasteiger partial charge is 0.340 e. The summed E-state index contributed by atoms with van der Waals surface area (Å²) >= 11 is 1.77. The van der Waals surface area contributed by atoms with Crippen molar-refractivity contribution in [2.24, 2.45) is 5.92 Å². The molecule has 0 N–H and O–H groups in total. The van der Waals surface area contributed by atoms with E-state index >= 15 is 0 Å². The molecule has 0 radical (unpaired) electrons. The summed E-state index contributed by atoms with van der Waals surface area (Å²) < 4.78 is 0. The van der Waals surface area contributed by atoms with Crippen LogP contribution in [0.5, 0.6) is 0 Å². The average Bonchev–Trinajstić information content (AvgIpc) is 2.48. The summed E-state index contributed by atoms with van der Waals surface area (Å²) in [5.41, 5.74) is 1.36. The van der Waals surface area contributed by atoms with Gasteiger partial charge in [-0.15, -0.1) is 11.8 Å². The molecule has 0 aromatic heterocycles. The summed E-state index contributed by atoms with van der Waals surface area (Å²) in [5, 5.41) is 0. The molecule has 0 spiro atoms. The lowest BCUT2D eigenvalue weighted by atomic mass is 10.1. The first kappa shape index (κ1) is 16.4. The number of carbonyl (C=O) groups is 1. The first-order valence-corrected chi connectivity index (χ1v) is 8.94. The van der Waals surface area contributed by atoms with Gasteiger partial charge in [-0.05, 0) is 29.9 Å². The molecule has 4 heteroatoms. The Morgan fingerprint density at radius 1 is 1.14 bits per heavy atom. The maximum atomic E-state index is 12.0. The van der Waals surface area contributed by atoms with Crippen LogP contribution < -0.4 is 0 Å². The van der Waals surface area contributed by atoms with Crippen LogP contribution in [0.25, 0.3) is 0 Å². The number of amides is 1. The summed E-state index contributed by atoms with van der Waals surface area (Å²) in [6.45, 7) is 8.89. The van der Waals surface area contributed by atoms with Gasteiger partial charge in [-0.2, -0.15) is 0 Å². The van der Waals surface area contributed by atoms with Gasteiger partial charge in [0.05, 0.1) is 0 Å². The molecule has 1 aliphatic rings. The molecule has 1 aromatic carbocycles. The molecular weight excluding hydrogens is 280 g/mol. The van der Waals surface area contributed by atoms with Crippen molar-refractivity contribution in [3.05, 3.63) is 29.8 Å². The third-order valence-electron chi connectivity index (χ3n) is 3.87. The zero-order valence-electron chi connectivity index (χ0n) is 13.3. The molecule has 1 fully saturated rings. The Kier molecular flexibility index (Phi) is 6.12. The van der Waals surface area contributed by atoms with Crippen molar-refractivity contribution in [3.63, 3.8) is 0 Å². The zero-order valence-corrected chi connectivity index (χ0v) is 14.2. The van der Waals surface area contributed by atoms with Crippen LogP contribution in [0.15, 0.2) is 29.2 Å². The molecule has 0 bridgehead atoms. The van der Waals surface area contributed by atoms with E-state index in [1.807, 2.05) is 4.90 Å². The lowest BCUT2D eigenvalue weighted by molar-refractivity contribution is -0.133. The number of rotatable bonds is 5. The van der Waals surface area contributed by atoms with Crippen LogP contribution in [-0.4, -0.2) is 48.1 Å². The summed E-state index contributed by atoms with van der Waals surface area (Å²) in [6, 6.07) is 8.79. The first-order chi connectivity index (χ1) is 10.1. The summed E-state index contributed by atoms with van der Waals surface area (Å²) in [7, 11) is 0. The fourth-order valence-corrected chi connectivity index (χ4v) is 3.03. The third kappa shape index (κ3) is 5.04. The van der Waals surface area contributed by atoms with Crippen LogP contribution in [0.1, 0.15) is 25.8 Å². The molecule has 1 heterocycles. The Morgan fingerprint density at radius 3 is 2.29 bits per heavy atom. The lowest BCUT2D eigenvalue weighted by Gasteiger charge is -2.35. The molecule has 1 amide bonds. The van der Waals surface area contributed by atoms with Crippen LogP contribution in [0.4, 0.5) is 0 Å². The maximum Gasteiger partial charge on any atom is 0.222 e. The van der Waals surface area contributed by atoms with Gasteiger partial charge in [0.15, 0.2) is 0 Å². The third-order valence-corrected chi connectivity index (χ3v) is 4.62. The van der Waals surface area contributed by atoms with Gasteiger partial charge in [-0.3, -0.25) is 9.69 Å². The molecule has 0 atom stereocenters. The van der Waals surface area contributed by atoms with E-state index in [0.717, 1.165) is 32.7 Å². The van der Waals surface area contributed by atoms with E-state index in [1.165, 1.54) is 10.5 Å². The minimum atomic E-state index is 0.314. The monoisotopic (exact) mass is 306 g/mol. The predicted molar refractivity (Wildman–Crippen MR) is 89.5 cm³/mol. The van der Waals surface area contributed by atoms with E-state index in [1.54, 1.807) is 11.8 Å². The van der Waals surface area contributed by atoms with Crippen LogP contribution in [0, 0.1) is 5.92 Å². The Hall–Kier alpha value is -1.00. The predicted octanol–water partition coefficient (Wildman–Crippen LogP) is 3.10. The molecule has 0 saturated carbocycles. The number of benzene rings is 1. The molecule has 0 aliphatic carbocycles. The van der Waals surface area contributed by atoms with Crippen molar-refractivity contribution in [2.75, 3.05) is 32.4 Å². The average molecular weight is 306 g/mol. The Labute approximate surface area is 132 Å². The normalized spacial score (nSPS) is 16.5. The number of nitrogens with zero attached hydrogens (tertiary/aromatic N) is 2. The van der Waals surface area contributed by atoms with Crippen LogP contribution in [-0.2, 0) is 11.3 Å². The molecule has 1 saturated heterocycles. The van der Waals surface area contributed by atoms with Gasteiger partial charge in [0.2, 0.25) is 5.91 Å². The Balaban J connectivity index is 1.79. The molecule has 3 nitrogen and oxygen atoms in total. The van der Waals surface area contributed by atoms with Gasteiger partial charge in [0.25, 0.3) is 0 Å². The Morgan fingerprint density at radius 2 is 1.76 bits per heavy atom. The van der Waals surface area contributed by atoms with E-state index in [9.17, 15) is 4.79 Å². The summed E-state index contributed by atoms with van der Waals surface area (Å²) in [5.74, 6) is 0.763. The van der Waals surface area contributed by atoms with Gasteiger partial charge in [0, 0.05) is 44.0 Å². The highest BCUT2D eigenvalue weighted by Crippen LogP contribution is 2.16. The number of hydrogen-bond acceptors (Lipinski definition) is 3. The van der Waals surface area contributed by atoms with Crippen LogP contribution >= 0.6 is 11.8 Å². The first-order valence-electron chi connectivity index (χ1n) is 7.71. The molecule has 21 heavy (non-hydrogen) atoms. The quantitative estimate of drug-likeness (QED) is 0.781. The highest BCUT2D eigenvalue weighted by atomic mass is 32.2. The minimum Gasteiger partial charge on any atom is -0.340 e. The van der Waals surface area contributed by atoms with Gasteiger partial charge in [-0.25, -0.2) is 0 Å². The van der Waals surface area contributed by atoms with E-state index < -0.39 is 0 Å². The zero-order chi connectivity index (χ0) is 15.2. The van der Waals surface area contributed by atoms with Gasteiger partial charge in [0.1, 0.15) is 0 Å². The van der Waals surface area contributed by atoms with Crippen LogP contribution in [0.2, 0.25) is 0 Å². The second kappa shape index (κ2) is 7.85. The van der Waals surface area contributed by atoms with E-state index in [2.05, 4.69) is 49.3 Å². The van der Waals surface area contributed by atoms with Gasteiger partial charge < -0.3 is 4.90 Å². The van der Waals surface area contributed by atoms with Crippen molar-refractivity contribution in [2.45, 2.75) is 31.7 Å². The van der Waals surface area contributed by atoms with Gasteiger partial charge in [-0.1, -0.05) is 26.0 Å². The summed E-state index contributed by atoms with van der Waals surface area (Å²) in [6.07, 6.45) is 2.78. The van der Waals surface area contributed by atoms with Crippen LogP contribution in [0.3, 0.4) is 0 Å².